The maximum absolute atomic E-state index is 12.4. The van der Waals surface area contributed by atoms with Crippen LogP contribution in [0.4, 0.5) is 0 Å². The number of aliphatic hydroxyl groups is 4. The molecule has 0 saturated heterocycles. The average Bonchev–Trinajstić information content (AvgIpc) is 2.98. The zero-order valence-corrected chi connectivity index (χ0v) is 26.8. The highest BCUT2D eigenvalue weighted by Crippen LogP contribution is 2.14. The normalized spacial score (nSPS) is 15.0. The Labute approximate surface area is 253 Å². The lowest BCUT2D eigenvalue weighted by atomic mass is 10.00. The number of rotatable bonds is 30. The van der Waals surface area contributed by atoms with Gasteiger partial charge in [-0.3, -0.25) is 4.79 Å². The average molecular weight is 582 g/mol. The lowest BCUT2D eigenvalue weighted by Crippen LogP contribution is -2.53. The highest BCUT2D eigenvalue weighted by Gasteiger charge is 2.28. The number of hydrogen-bond donors (Lipinski definition) is 5. The monoisotopic (exact) mass is 582 g/mol. The van der Waals surface area contributed by atoms with E-state index in [2.05, 4.69) is 43.5 Å². The lowest BCUT2D eigenvalue weighted by molar-refractivity contribution is -0.132. The van der Waals surface area contributed by atoms with Crippen molar-refractivity contribution < 1.29 is 25.2 Å². The van der Waals surface area contributed by atoms with Gasteiger partial charge in [-0.15, -0.1) is 0 Å². The van der Waals surface area contributed by atoms with Gasteiger partial charge < -0.3 is 25.7 Å². The van der Waals surface area contributed by atoms with Crippen LogP contribution < -0.4 is 5.32 Å². The second kappa shape index (κ2) is 30.3. The van der Waals surface area contributed by atoms with Crippen LogP contribution in [0.25, 0.3) is 0 Å². The van der Waals surface area contributed by atoms with Crippen molar-refractivity contribution in [3.8, 4) is 0 Å². The molecule has 4 unspecified atom stereocenters. The number of amides is 1. The molecule has 6 heteroatoms. The SMILES string of the molecule is CCCC/C=C/CC/C=C/CCCC(O)C(O)C(CO)NC(=O)C(O)CCCCCCCCCCCCCCCC. The molecule has 41 heavy (non-hydrogen) atoms. The molecule has 4 atom stereocenters. The number of hydrogen-bond acceptors (Lipinski definition) is 5. The number of aliphatic hydroxyl groups excluding tert-OH is 4. The van der Waals surface area contributed by atoms with Crippen LogP contribution in [0, 0.1) is 0 Å². The minimum Gasteiger partial charge on any atom is -0.394 e. The van der Waals surface area contributed by atoms with Gasteiger partial charge in [-0.25, -0.2) is 0 Å². The predicted octanol–water partition coefficient (Wildman–Crippen LogP) is 7.67. The van der Waals surface area contributed by atoms with Crippen molar-refractivity contribution >= 4 is 5.91 Å². The highest BCUT2D eigenvalue weighted by atomic mass is 16.3. The van der Waals surface area contributed by atoms with Crippen LogP contribution in [0.1, 0.15) is 162 Å². The first-order chi connectivity index (χ1) is 20.0. The molecular weight excluding hydrogens is 514 g/mol. The van der Waals surface area contributed by atoms with Gasteiger partial charge in [0.15, 0.2) is 0 Å². The molecular formula is C35H67NO5. The first-order valence-corrected chi connectivity index (χ1v) is 17.2. The van der Waals surface area contributed by atoms with Crippen molar-refractivity contribution in [1.82, 2.24) is 5.32 Å². The zero-order valence-electron chi connectivity index (χ0n) is 26.8. The van der Waals surface area contributed by atoms with Gasteiger partial charge in [-0.05, 0) is 44.9 Å². The second-order valence-electron chi connectivity index (χ2n) is 11.8. The summed E-state index contributed by atoms with van der Waals surface area (Å²) in [7, 11) is 0. The van der Waals surface area contributed by atoms with E-state index in [9.17, 15) is 25.2 Å². The molecule has 0 rings (SSSR count). The van der Waals surface area contributed by atoms with Gasteiger partial charge in [0.1, 0.15) is 12.2 Å². The molecule has 0 aromatic rings. The summed E-state index contributed by atoms with van der Waals surface area (Å²) < 4.78 is 0. The number of carbonyl (C=O) groups excluding carboxylic acids is 1. The van der Waals surface area contributed by atoms with Gasteiger partial charge in [0.05, 0.1) is 18.8 Å². The van der Waals surface area contributed by atoms with Crippen molar-refractivity contribution in [1.29, 1.82) is 0 Å². The van der Waals surface area contributed by atoms with Crippen molar-refractivity contribution in [2.75, 3.05) is 6.61 Å². The number of unbranched alkanes of at least 4 members (excludes halogenated alkanes) is 17. The third-order valence-electron chi connectivity index (χ3n) is 7.89. The van der Waals surface area contributed by atoms with Crippen molar-refractivity contribution in [3.63, 3.8) is 0 Å². The fourth-order valence-corrected chi connectivity index (χ4v) is 5.05. The number of allylic oxidation sites excluding steroid dienone is 4. The Bertz CT molecular complexity index is 624. The quantitative estimate of drug-likeness (QED) is 0.0442. The lowest BCUT2D eigenvalue weighted by Gasteiger charge is -2.27. The van der Waals surface area contributed by atoms with Crippen LogP contribution in [0.3, 0.4) is 0 Å². The highest BCUT2D eigenvalue weighted by molar-refractivity contribution is 5.80. The molecule has 0 aliphatic rings. The minimum atomic E-state index is -1.28. The van der Waals surface area contributed by atoms with E-state index < -0.39 is 36.9 Å². The Morgan fingerprint density at radius 2 is 1.02 bits per heavy atom. The van der Waals surface area contributed by atoms with Gasteiger partial charge in [-0.2, -0.15) is 0 Å². The van der Waals surface area contributed by atoms with E-state index in [1.807, 2.05) is 0 Å². The van der Waals surface area contributed by atoms with E-state index in [1.54, 1.807) is 0 Å². The summed E-state index contributed by atoms with van der Waals surface area (Å²) in [6.07, 6.45) is 30.6. The van der Waals surface area contributed by atoms with E-state index in [4.69, 9.17) is 0 Å². The Morgan fingerprint density at radius 1 is 0.585 bits per heavy atom. The Morgan fingerprint density at radius 3 is 1.51 bits per heavy atom. The Hall–Kier alpha value is -1.21. The fraction of sp³-hybridized carbons (Fsp3) is 0.857. The fourth-order valence-electron chi connectivity index (χ4n) is 5.05. The topological polar surface area (TPSA) is 110 Å². The second-order valence-corrected chi connectivity index (χ2v) is 11.8. The van der Waals surface area contributed by atoms with Crippen LogP contribution >= 0.6 is 0 Å². The van der Waals surface area contributed by atoms with Crippen LogP contribution in [0.2, 0.25) is 0 Å². The van der Waals surface area contributed by atoms with Crippen LogP contribution in [0.5, 0.6) is 0 Å². The molecule has 0 heterocycles. The maximum Gasteiger partial charge on any atom is 0.249 e. The number of nitrogens with one attached hydrogen (secondary N) is 1. The van der Waals surface area contributed by atoms with E-state index in [1.165, 1.54) is 83.5 Å². The molecule has 0 saturated carbocycles. The summed E-state index contributed by atoms with van der Waals surface area (Å²) >= 11 is 0. The third kappa shape index (κ3) is 25.0. The number of carbonyl (C=O) groups is 1. The zero-order chi connectivity index (χ0) is 30.4. The van der Waals surface area contributed by atoms with Crippen molar-refractivity contribution in [3.05, 3.63) is 24.3 Å². The first-order valence-electron chi connectivity index (χ1n) is 17.2. The Kier molecular flexibility index (Phi) is 29.4. The van der Waals surface area contributed by atoms with E-state index in [0.717, 1.165) is 44.9 Å². The maximum atomic E-state index is 12.4. The Balaban J connectivity index is 3.90. The smallest absolute Gasteiger partial charge is 0.249 e. The molecule has 0 aliphatic heterocycles. The molecule has 0 fully saturated rings. The van der Waals surface area contributed by atoms with Crippen molar-refractivity contribution in [2.24, 2.45) is 0 Å². The molecule has 0 bridgehead atoms. The van der Waals surface area contributed by atoms with Gasteiger partial charge in [0.2, 0.25) is 5.91 Å². The molecule has 0 spiro atoms. The van der Waals surface area contributed by atoms with Crippen LogP contribution in [0.15, 0.2) is 24.3 Å². The summed E-state index contributed by atoms with van der Waals surface area (Å²) in [5.41, 5.74) is 0. The standard InChI is InChI=1S/C35H67NO5/c1-3-5-7-9-11-13-15-16-17-19-21-23-25-27-29-33(39)35(41)36-31(30-37)34(40)32(38)28-26-24-22-20-18-14-12-10-8-6-4-2/h10,12,20,22,31-34,37-40H,3-9,11,13-19,21,23-30H2,1-2H3,(H,36,41)/b12-10+,22-20+. The molecule has 0 aromatic heterocycles. The van der Waals surface area contributed by atoms with Crippen molar-refractivity contribution in [2.45, 2.75) is 186 Å². The van der Waals surface area contributed by atoms with E-state index in [-0.39, 0.29) is 0 Å². The van der Waals surface area contributed by atoms with Crippen LogP contribution in [-0.2, 0) is 4.79 Å². The van der Waals surface area contributed by atoms with E-state index >= 15 is 0 Å². The summed E-state index contributed by atoms with van der Waals surface area (Å²) in [6, 6.07) is -1.00. The molecule has 5 N–H and O–H groups in total. The molecule has 6 nitrogen and oxygen atoms in total. The molecule has 0 aromatic carbocycles. The predicted molar refractivity (Wildman–Crippen MR) is 173 cm³/mol. The minimum absolute atomic E-state index is 0.363. The van der Waals surface area contributed by atoms with Crippen LogP contribution in [-0.4, -0.2) is 57.3 Å². The van der Waals surface area contributed by atoms with Gasteiger partial charge in [0.25, 0.3) is 0 Å². The van der Waals surface area contributed by atoms with E-state index in [0.29, 0.717) is 19.3 Å². The summed E-state index contributed by atoms with van der Waals surface area (Å²) in [4.78, 5) is 12.4. The summed E-state index contributed by atoms with van der Waals surface area (Å²) in [5.74, 6) is -0.600. The van der Waals surface area contributed by atoms with Gasteiger partial charge in [-0.1, -0.05) is 141 Å². The summed E-state index contributed by atoms with van der Waals surface area (Å²) in [5, 5.41) is 43.2. The molecule has 0 radical (unpaired) electrons. The third-order valence-corrected chi connectivity index (χ3v) is 7.89. The van der Waals surface area contributed by atoms with Gasteiger partial charge >= 0.3 is 0 Å². The summed E-state index contributed by atoms with van der Waals surface area (Å²) in [6.45, 7) is 3.95. The molecule has 0 aliphatic carbocycles. The molecule has 1 amide bonds. The molecule has 242 valence electrons. The largest absolute Gasteiger partial charge is 0.394 e. The first kappa shape index (κ1) is 39.8. The van der Waals surface area contributed by atoms with Gasteiger partial charge in [0, 0.05) is 0 Å².